The van der Waals surface area contributed by atoms with E-state index in [1.807, 2.05) is 60.4 Å². The number of hydrogen-bond acceptors (Lipinski definition) is 1. The summed E-state index contributed by atoms with van der Waals surface area (Å²) in [6.07, 6.45) is 0.801. The van der Waals surface area contributed by atoms with Crippen molar-refractivity contribution in [2.75, 3.05) is 11.4 Å². The quantitative estimate of drug-likeness (QED) is 0.801. The number of rotatable bonds is 2. The Morgan fingerprint density at radius 2 is 1.74 bits per heavy atom. The molecule has 3 rings (SSSR count). The molecule has 1 unspecified atom stereocenters. The first kappa shape index (κ1) is 12.0. The van der Waals surface area contributed by atoms with Gasteiger partial charge in [-0.2, -0.15) is 0 Å². The van der Waals surface area contributed by atoms with Crippen LogP contribution in [0.5, 0.6) is 0 Å². The smallest absolute Gasteiger partial charge is 0.234 e. The first-order valence-corrected chi connectivity index (χ1v) is 6.75. The molecule has 0 saturated carbocycles. The van der Waals surface area contributed by atoms with Gasteiger partial charge in [-0.25, -0.2) is 0 Å². The van der Waals surface area contributed by atoms with Gasteiger partial charge in [0.05, 0.1) is 5.92 Å². The third-order valence-corrected chi connectivity index (χ3v) is 3.79. The molecule has 19 heavy (non-hydrogen) atoms. The predicted molar refractivity (Wildman–Crippen MR) is 77.4 cm³/mol. The van der Waals surface area contributed by atoms with Gasteiger partial charge in [-0.1, -0.05) is 48.5 Å². The van der Waals surface area contributed by atoms with Crippen LogP contribution < -0.4 is 4.90 Å². The summed E-state index contributed by atoms with van der Waals surface area (Å²) in [6.45, 7) is 2.75. The normalized spacial score (nSPS) is 18.3. The molecule has 0 aromatic heterocycles. The van der Waals surface area contributed by atoms with Gasteiger partial charge in [0.25, 0.3) is 0 Å². The molecule has 1 aliphatic heterocycles. The lowest BCUT2D eigenvalue weighted by molar-refractivity contribution is -0.120. The summed E-state index contributed by atoms with van der Waals surface area (Å²) < 4.78 is 0. The van der Waals surface area contributed by atoms with E-state index in [2.05, 4.69) is 6.07 Å². The monoisotopic (exact) mass is 251 g/mol. The number of carbonyl (C=O) groups is 1. The number of hydrogen-bond donors (Lipinski definition) is 0. The molecule has 0 fully saturated rings. The van der Waals surface area contributed by atoms with Gasteiger partial charge in [0, 0.05) is 12.2 Å². The fourth-order valence-corrected chi connectivity index (χ4v) is 2.83. The molecule has 0 radical (unpaired) electrons. The molecule has 1 amide bonds. The standard InChI is InChI=1S/C17H17NO/c1-2-18-16-11-7-6-10-14(16)12-15(17(18)19)13-8-4-3-5-9-13/h3-11,15H,2,12H2,1H3. The maximum Gasteiger partial charge on any atom is 0.234 e. The lowest BCUT2D eigenvalue weighted by atomic mass is 9.86. The molecular weight excluding hydrogens is 234 g/mol. The summed E-state index contributed by atoms with van der Waals surface area (Å²) >= 11 is 0. The number of nitrogens with zero attached hydrogens (tertiary/aromatic N) is 1. The van der Waals surface area contributed by atoms with Gasteiger partial charge in [0.1, 0.15) is 0 Å². The highest BCUT2D eigenvalue weighted by atomic mass is 16.2. The minimum absolute atomic E-state index is 0.0453. The first-order valence-electron chi connectivity index (χ1n) is 6.75. The van der Waals surface area contributed by atoms with E-state index in [1.165, 1.54) is 5.56 Å². The maximum atomic E-state index is 12.6. The molecule has 1 heterocycles. The number of amides is 1. The van der Waals surface area contributed by atoms with Crippen molar-refractivity contribution < 1.29 is 4.79 Å². The second-order valence-corrected chi connectivity index (χ2v) is 4.88. The highest BCUT2D eigenvalue weighted by Crippen LogP contribution is 2.35. The third kappa shape index (κ3) is 2.03. The van der Waals surface area contributed by atoms with Crippen LogP contribution in [0.2, 0.25) is 0 Å². The zero-order valence-corrected chi connectivity index (χ0v) is 11.0. The number of carbonyl (C=O) groups excluding carboxylic acids is 1. The van der Waals surface area contributed by atoms with Crippen molar-refractivity contribution in [2.24, 2.45) is 0 Å². The van der Waals surface area contributed by atoms with Crippen molar-refractivity contribution in [1.82, 2.24) is 0 Å². The number of para-hydroxylation sites is 1. The molecular formula is C17H17NO. The van der Waals surface area contributed by atoms with Gasteiger partial charge < -0.3 is 4.90 Å². The summed E-state index contributed by atoms with van der Waals surface area (Å²) in [7, 11) is 0. The van der Waals surface area contributed by atoms with Gasteiger partial charge in [-0.15, -0.1) is 0 Å². The van der Waals surface area contributed by atoms with Crippen LogP contribution in [0.3, 0.4) is 0 Å². The number of benzene rings is 2. The molecule has 2 nitrogen and oxygen atoms in total. The van der Waals surface area contributed by atoms with Gasteiger partial charge in [-0.3, -0.25) is 4.79 Å². The Morgan fingerprint density at radius 3 is 2.47 bits per heavy atom. The summed E-state index contributed by atoms with van der Waals surface area (Å²) in [5.74, 6) is 0.170. The Hall–Kier alpha value is -2.09. The second kappa shape index (κ2) is 4.88. The fourth-order valence-electron chi connectivity index (χ4n) is 2.83. The summed E-state index contributed by atoms with van der Waals surface area (Å²) in [5.41, 5.74) is 3.44. The fraction of sp³-hybridized carbons (Fsp3) is 0.235. The first-order chi connectivity index (χ1) is 9.31. The van der Waals surface area contributed by atoms with E-state index in [0.717, 1.165) is 24.2 Å². The SMILES string of the molecule is CCN1C(=O)C(c2ccccc2)Cc2ccccc21. The molecule has 0 bridgehead atoms. The lowest BCUT2D eigenvalue weighted by Gasteiger charge is -2.33. The zero-order chi connectivity index (χ0) is 13.2. The van der Waals surface area contributed by atoms with Gasteiger partial charge >= 0.3 is 0 Å². The Balaban J connectivity index is 2.05. The molecule has 2 aromatic rings. The Morgan fingerprint density at radius 1 is 1.05 bits per heavy atom. The molecule has 2 heteroatoms. The third-order valence-electron chi connectivity index (χ3n) is 3.79. The van der Waals surface area contributed by atoms with E-state index < -0.39 is 0 Å². The van der Waals surface area contributed by atoms with Crippen molar-refractivity contribution in [3.05, 3.63) is 65.7 Å². The molecule has 1 atom stereocenters. The van der Waals surface area contributed by atoms with Crippen LogP contribution in [-0.2, 0) is 11.2 Å². The van der Waals surface area contributed by atoms with Crippen molar-refractivity contribution >= 4 is 11.6 Å². The minimum atomic E-state index is -0.0453. The van der Waals surface area contributed by atoms with Crippen LogP contribution in [-0.4, -0.2) is 12.5 Å². The predicted octanol–water partition coefficient (Wildman–Crippen LogP) is 3.38. The van der Waals surface area contributed by atoms with Crippen molar-refractivity contribution in [2.45, 2.75) is 19.3 Å². The number of fused-ring (bicyclic) bond motifs is 1. The van der Waals surface area contributed by atoms with Crippen LogP contribution >= 0.6 is 0 Å². The van der Waals surface area contributed by atoms with Crippen LogP contribution in [0, 0.1) is 0 Å². The topological polar surface area (TPSA) is 20.3 Å². The molecule has 0 spiro atoms. The van der Waals surface area contributed by atoms with Crippen molar-refractivity contribution in [3.8, 4) is 0 Å². The second-order valence-electron chi connectivity index (χ2n) is 4.88. The number of anilines is 1. The highest BCUT2D eigenvalue weighted by Gasteiger charge is 2.32. The van der Waals surface area contributed by atoms with E-state index in [4.69, 9.17) is 0 Å². The van der Waals surface area contributed by atoms with E-state index in [9.17, 15) is 4.79 Å². The van der Waals surface area contributed by atoms with Gasteiger partial charge in [0.2, 0.25) is 5.91 Å². The molecule has 0 saturated heterocycles. The molecule has 2 aromatic carbocycles. The zero-order valence-electron chi connectivity index (χ0n) is 11.0. The lowest BCUT2D eigenvalue weighted by Crippen LogP contribution is -2.40. The highest BCUT2D eigenvalue weighted by molar-refractivity contribution is 6.01. The molecule has 1 aliphatic rings. The van der Waals surface area contributed by atoms with E-state index >= 15 is 0 Å². The van der Waals surface area contributed by atoms with E-state index in [-0.39, 0.29) is 11.8 Å². The van der Waals surface area contributed by atoms with Crippen molar-refractivity contribution in [1.29, 1.82) is 0 Å². The average molecular weight is 251 g/mol. The van der Waals surface area contributed by atoms with E-state index in [1.54, 1.807) is 0 Å². The van der Waals surface area contributed by atoms with Crippen molar-refractivity contribution in [3.63, 3.8) is 0 Å². The Bertz CT molecular complexity index is 591. The molecule has 0 aliphatic carbocycles. The maximum absolute atomic E-state index is 12.6. The van der Waals surface area contributed by atoms with E-state index in [0.29, 0.717) is 0 Å². The average Bonchev–Trinajstić information content (AvgIpc) is 2.47. The molecule has 0 N–H and O–H groups in total. The van der Waals surface area contributed by atoms with Crippen LogP contribution in [0.25, 0.3) is 0 Å². The largest absolute Gasteiger partial charge is 0.312 e. The summed E-state index contributed by atoms with van der Waals surface area (Å²) in [5, 5.41) is 0. The molecule has 96 valence electrons. The van der Waals surface area contributed by atoms with Crippen LogP contribution in [0.1, 0.15) is 24.0 Å². The summed E-state index contributed by atoms with van der Waals surface area (Å²) in [4.78, 5) is 14.5. The Labute approximate surface area is 113 Å². The Kier molecular flexibility index (Phi) is 3.08. The van der Waals surface area contributed by atoms with Crippen LogP contribution in [0.15, 0.2) is 54.6 Å². The van der Waals surface area contributed by atoms with Gasteiger partial charge in [-0.05, 0) is 30.5 Å². The van der Waals surface area contributed by atoms with Crippen LogP contribution in [0.4, 0.5) is 5.69 Å². The minimum Gasteiger partial charge on any atom is -0.312 e. The van der Waals surface area contributed by atoms with Gasteiger partial charge in [0.15, 0.2) is 0 Å². The number of likely N-dealkylation sites (N-methyl/N-ethyl adjacent to an activating group) is 1. The summed E-state index contributed by atoms with van der Waals surface area (Å²) in [6, 6.07) is 18.3.